The van der Waals surface area contributed by atoms with Gasteiger partial charge in [0.1, 0.15) is 5.69 Å². The van der Waals surface area contributed by atoms with E-state index in [1.165, 1.54) is 11.9 Å². The maximum atomic E-state index is 11.2. The van der Waals surface area contributed by atoms with Crippen molar-refractivity contribution in [2.24, 2.45) is 7.05 Å². The van der Waals surface area contributed by atoms with E-state index in [0.29, 0.717) is 5.69 Å². The van der Waals surface area contributed by atoms with Gasteiger partial charge in [-0.25, -0.2) is 4.79 Å². The molecule has 0 saturated carbocycles. The summed E-state index contributed by atoms with van der Waals surface area (Å²) in [6.07, 6.45) is 3.70. The molecule has 102 valence electrons. The first-order valence-electron chi connectivity index (χ1n) is 6.08. The van der Waals surface area contributed by atoms with Gasteiger partial charge in [-0.2, -0.15) is 0 Å². The van der Waals surface area contributed by atoms with Crippen LogP contribution >= 0.6 is 11.9 Å². The first-order valence-corrected chi connectivity index (χ1v) is 6.85. The van der Waals surface area contributed by atoms with Crippen molar-refractivity contribution in [2.75, 3.05) is 0 Å². The number of carbonyl (C=O) groups is 1. The summed E-state index contributed by atoms with van der Waals surface area (Å²) in [5.74, 6) is -0.915. The van der Waals surface area contributed by atoms with Gasteiger partial charge < -0.3 is 9.67 Å². The fourth-order valence-electron chi connectivity index (χ4n) is 2.10. The average Bonchev–Trinajstić information content (AvgIpc) is 2.96. The van der Waals surface area contributed by atoms with Crippen molar-refractivity contribution < 1.29 is 9.90 Å². The number of carboxylic acid groups (broad SMARTS) is 1. The second-order valence-corrected chi connectivity index (χ2v) is 5.50. The quantitative estimate of drug-likeness (QED) is 0.804. The van der Waals surface area contributed by atoms with Crippen LogP contribution in [0.5, 0.6) is 0 Å². The van der Waals surface area contributed by atoms with Crippen molar-refractivity contribution in [1.82, 2.24) is 13.5 Å². The monoisotopic (exact) mass is 287 g/mol. The average molecular weight is 287 g/mol. The third-order valence-corrected chi connectivity index (χ3v) is 4.45. The van der Waals surface area contributed by atoms with Gasteiger partial charge in [0.2, 0.25) is 0 Å². The van der Waals surface area contributed by atoms with Gasteiger partial charge in [0.05, 0.1) is 15.9 Å². The molecule has 3 aromatic heterocycles. The first-order chi connectivity index (χ1) is 9.58. The van der Waals surface area contributed by atoms with Gasteiger partial charge in [-0.05, 0) is 43.1 Å². The van der Waals surface area contributed by atoms with Gasteiger partial charge in [0.25, 0.3) is 0 Å². The van der Waals surface area contributed by atoms with Crippen LogP contribution in [0.4, 0.5) is 0 Å². The molecule has 0 aromatic carbocycles. The van der Waals surface area contributed by atoms with E-state index in [0.717, 1.165) is 21.6 Å². The zero-order chi connectivity index (χ0) is 14.3. The van der Waals surface area contributed by atoms with Crippen molar-refractivity contribution in [2.45, 2.75) is 11.8 Å². The summed E-state index contributed by atoms with van der Waals surface area (Å²) in [5.41, 5.74) is 3.15. The lowest BCUT2D eigenvalue weighted by atomic mass is 10.4. The van der Waals surface area contributed by atoms with Gasteiger partial charge >= 0.3 is 5.97 Å². The van der Waals surface area contributed by atoms with Crippen molar-refractivity contribution >= 4 is 29.0 Å². The maximum Gasteiger partial charge on any atom is 0.352 e. The zero-order valence-electron chi connectivity index (χ0n) is 11.1. The predicted molar refractivity (Wildman–Crippen MR) is 78.1 cm³/mol. The molecular formula is C14H13N3O2S. The van der Waals surface area contributed by atoms with E-state index in [-0.39, 0.29) is 0 Å². The van der Waals surface area contributed by atoms with Gasteiger partial charge in [-0.3, -0.25) is 8.96 Å². The Kier molecular flexibility index (Phi) is 3.02. The summed E-state index contributed by atoms with van der Waals surface area (Å²) in [6, 6.07) is 7.52. The van der Waals surface area contributed by atoms with Crippen LogP contribution in [0.25, 0.3) is 11.0 Å². The van der Waals surface area contributed by atoms with E-state index < -0.39 is 5.97 Å². The molecule has 3 aromatic rings. The van der Waals surface area contributed by atoms with Crippen LogP contribution in [-0.2, 0) is 7.05 Å². The highest BCUT2D eigenvalue weighted by atomic mass is 32.2. The number of hydrogen-bond donors (Lipinski definition) is 1. The van der Waals surface area contributed by atoms with Crippen LogP contribution in [0.15, 0.2) is 41.6 Å². The number of rotatable bonds is 3. The molecule has 1 N–H and O–H groups in total. The molecule has 0 aliphatic rings. The van der Waals surface area contributed by atoms with E-state index in [1.54, 1.807) is 23.9 Å². The summed E-state index contributed by atoms with van der Waals surface area (Å²) < 4.78 is 3.69. The molecule has 0 unspecified atom stereocenters. The van der Waals surface area contributed by atoms with Gasteiger partial charge in [-0.1, -0.05) is 0 Å². The van der Waals surface area contributed by atoms with Crippen molar-refractivity contribution in [3.05, 3.63) is 48.0 Å². The highest BCUT2D eigenvalue weighted by Crippen LogP contribution is 2.30. The van der Waals surface area contributed by atoms with Crippen molar-refractivity contribution in [1.29, 1.82) is 0 Å². The Morgan fingerprint density at radius 2 is 2.20 bits per heavy atom. The minimum atomic E-state index is -0.915. The molecule has 0 bridgehead atoms. The SMILES string of the molecule is Cc1c(Sn2ccc3ncccc32)cc(C(=O)O)n1C. The Morgan fingerprint density at radius 1 is 1.40 bits per heavy atom. The molecule has 0 spiro atoms. The van der Waals surface area contributed by atoms with E-state index in [9.17, 15) is 4.79 Å². The lowest BCUT2D eigenvalue weighted by Gasteiger charge is -2.04. The van der Waals surface area contributed by atoms with E-state index in [1.807, 2.05) is 35.3 Å². The Morgan fingerprint density at radius 3 is 2.90 bits per heavy atom. The lowest BCUT2D eigenvalue weighted by Crippen LogP contribution is -2.04. The molecule has 0 radical (unpaired) electrons. The van der Waals surface area contributed by atoms with Gasteiger partial charge in [0, 0.05) is 25.1 Å². The molecule has 0 fully saturated rings. The summed E-state index contributed by atoms with van der Waals surface area (Å²) in [6.45, 7) is 1.92. The number of nitrogens with zero attached hydrogens (tertiary/aromatic N) is 3. The molecular weight excluding hydrogens is 274 g/mol. The number of carboxylic acids is 1. The third kappa shape index (κ3) is 1.98. The van der Waals surface area contributed by atoms with E-state index >= 15 is 0 Å². The molecule has 5 nitrogen and oxygen atoms in total. The summed E-state index contributed by atoms with van der Waals surface area (Å²) in [4.78, 5) is 16.4. The second-order valence-electron chi connectivity index (χ2n) is 4.48. The van der Waals surface area contributed by atoms with Crippen molar-refractivity contribution in [3.8, 4) is 0 Å². The Balaban J connectivity index is 2.03. The summed E-state index contributed by atoms with van der Waals surface area (Å²) >= 11 is 1.50. The molecule has 0 aliphatic heterocycles. The molecule has 0 amide bonds. The topological polar surface area (TPSA) is 60.1 Å². The number of hydrogen-bond acceptors (Lipinski definition) is 3. The van der Waals surface area contributed by atoms with E-state index in [2.05, 4.69) is 4.98 Å². The fourth-order valence-corrected chi connectivity index (χ4v) is 3.12. The molecule has 20 heavy (non-hydrogen) atoms. The van der Waals surface area contributed by atoms with Gasteiger partial charge in [0.15, 0.2) is 0 Å². The second kappa shape index (κ2) is 4.72. The van der Waals surface area contributed by atoms with Crippen LogP contribution < -0.4 is 0 Å². The molecule has 3 heterocycles. The summed E-state index contributed by atoms with van der Waals surface area (Å²) in [7, 11) is 1.76. The molecule has 0 saturated heterocycles. The highest BCUT2D eigenvalue weighted by molar-refractivity contribution is 7.98. The van der Waals surface area contributed by atoms with Crippen LogP contribution in [0.3, 0.4) is 0 Å². The maximum absolute atomic E-state index is 11.2. The Bertz CT molecular complexity index is 804. The Hall–Kier alpha value is -2.21. The smallest absolute Gasteiger partial charge is 0.352 e. The number of pyridine rings is 1. The predicted octanol–water partition coefficient (Wildman–Crippen LogP) is 2.94. The van der Waals surface area contributed by atoms with Crippen molar-refractivity contribution in [3.63, 3.8) is 0 Å². The normalized spacial score (nSPS) is 11.1. The summed E-state index contributed by atoms with van der Waals surface area (Å²) in [5, 5.41) is 9.15. The van der Waals surface area contributed by atoms with Crippen LogP contribution in [0.2, 0.25) is 0 Å². The van der Waals surface area contributed by atoms with Crippen LogP contribution in [0, 0.1) is 6.92 Å². The minimum absolute atomic E-state index is 0.291. The minimum Gasteiger partial charge on any atom is -0.477 e. The lowest BCUT2D eigenvalue weighted by molar-refractivity contribution is 0.0686. The van der Waals surface area contributed by atoms with Crippen LogP contribution in [0.1, 0.15) is 16.2 Å². The Labute approximate surface area is 120 Å². The molecule has 6 heteroatoms. The van der Waals surface area contributed by atoms with E-state index in [4.69, 9.17) is 5.11 Å². The number of aromatic nitrogens is 3. The first kappa shape index (κ1) is 12.8. The van der Waals surface area contributed by atoms with Crippen LogP contribution in [-0.4, -0.2) is 24.6 Å². The molecule has 0 atom stereocenters. The number of aromatic carboxylic acids is 1. The fraction of sp³-hybridized carbons (Fsp3) is 0.143. The van der Waals surface area contributed by atoms with Gasteiger partial charge in [-0.15, -0.1) is 0 Å². The molecule has 0 aliphatic carbocycles. The standard InChI is InChI=1S/C14H13N3O2S/c1-9-13(8-12(14(18)19)16(9)2)20-17-7-5-10-11(17)4-3-6-15-10/h3-8H,1-2H3,(H,18,19). The third-order valence-electron chi connectivity index (χ3n) is 3.33. The highest BCUT2D eigenvalue weighted by Gasteiger charge is 2.15. The largest absolute Gasteiger partial charge is 0.477 e. The zero-order valence-corrected chi connectivity index (χ0v) is 11.9. The molecule has 3 rings (SSSR count). The number of fused-ring (bicyclic) bond motifs is 1.